The van der Waals surface area contributed by atoms with Crippen molar-refractivity contribution in [2.24, 2.45) is 0 Å². The molecule has 0 fully saturated rings. The van der Waals surface area contributed by atoms with Crippen molar-refractivity contribution in [1.82, 2.24) is 14.5 Å². The Kier molecular flexibility index (Phi) is 5.23. The lowest BCUT2D eigenvalue weighted by Gasteiger charge is -2.09. The van der Waals surface area contributed by atoms with Gasteiger partial charge in [-0.3, -0.25) is 0 Å². The normalized spacial score (nSPS) is 11.4. The first kappa shape index (κ1) is 20.1. The Morgan fingerprint density at radius 3 is 2.69 bits per heavy atom. The van der Waals surface area contributed by atoms with Gasteiger partial charge in [0.05, 0.1) is 16.6 Å². The summed E-state index contributed by atoms with van der Waals surface area (Å²) in [6.07, 6.45) is 3.22. The molecule has 2 heterocycles. The molecule has 0 spiro atoms. The molecule has 0 atom stereocenters. The first-order valence-corrected chi connectivity index (χ1v) is 11.0. The molecule has 160 valence electrons. The third kappa shape index (κ3) is 3.66. The minimum atomic E-state index is -0.925. The van der Waals surface area contributed by atoms with Crippen LogP contribution in [0.3, 0.4) is 0 Å². The molecule has 0 aliphatic heterocycles. The summed E-state index contributed by atoms with van der Waals surface area (Å²) in [7, 11) is 0. The van der Waals surface area contributed by atoms with Crippen molar-refractivity contribution in [3.05, 3.63) is 89.7 Å². The number of imidazole rings is 1. The Labute approximate surface area is 186 Å². The third-order valence-electron chi connectivity index (χ3n) is 5.96. The third-order valence-corrected chi connectivity index (χ3v) is 5.96. The number of aromatic amines is 1. The first-order chi connectivity index (χ1) is 15.6. The largest absolute Gasteiger partial charge is 0.478 e. The summed E-state index contributed by atoms with van der Waals surface area (Å²) in [4.78, 5) is 19.9. The number of para-hydroxylation sites is 2. The van der Waals surface area contributed by atoms with E-state index in [1.807, 2.05) is 24.3 Å². The van der Waals surface area contributed by atoms with Crippen LogP contribution in [-0.2, 0) is 13.0 Å². The van der Waals surface area contributed by atoms with Crippen LogP contribution >= 0.6 is 0 Å². The molecular weight excluding hydrogens is 398 g/mol. The van der Waals surface area contributed by atoms with Crippen LogP contribution < -0.4 is 0 Å². The second kappa shape index (κ2) is 8.35. The molecule has 5 rings (SSSR count). The molecule has 0 unspecified atom stereocenters. The number of rotatable bonds is 7. The molecule has 32 heavy (non-hydrogen) atoms. The van der Waals surface area contributed by atoms with Gasteiger partial charge < -0.3 is 14.7 Å². The van der Waals surface area contributed by atoms with Crippen LogP contribution in [0.15, 0.2) is 72.8 Å². The maximum absolute atomic E-state index is 11.6. The number of aryl methyl sites for hydroxylation is 1. The number of aromatic nitrogens is 3. The SMILES string of the molecule is CCCCc1nc2ccccc2n1Cc1ccc2[nH]c(-c3ccccc3C(=O)O)cc2c1. The fourth-order valence-electron chi connectivity index (χ4n) is 4.34. The summed E-state index contributed by atoms with van der Waals surface area (Å²) in [5.41, 5.74) is 6.18. The van der Waals surface area contributed by atoms with Crippen LogP contribution in [0.1, 0.15) is 41.5 Å². The molecule has 5 aromatic rings. The van der Waals surface area contributed by atoms with Crippen LogP contribution in [0.25, 0.3) is 33.2 Å². The molecule has 0 radical (unpaired) electrons. The number of carboxylic acids is 1. The summed E-state index contributed by atoms with van der Waals surface area (Å²) in [6.45, 7) is 2.95. The zero-order chi connectivity index (χ0) is 22.1. The Balaban J connectivity index is 1.53. The van der Waals surface area contributed by atoms with Gasteiger partial charge in [-0.15, -0.1) is 0 Å². The number of nitrogens with one attached hydrogen (secondary N) is 1. The first-order valence-electron chi connectivity index (χ1n) is 11.0. The Hall–Kier alpha value is -3.86. The second-order valence-corrected chi connectivity index (χ2v) is 8.16. The van der Waals surface area contributed by atoms with Gasteiger partial charge in [0.2, 0.25) is 0 Å². The molecule has 3 aromatic carbocycles. The standard InChI is InChI=1S/C27H25N3O2/c1-2-3-12-26-29-23-10-6-7-11-25(23)30(26)17-18-13-14-22-19(15-18)16-24(28-22)20-8-4-5-9-21(20)27(31)32/h4-11,13-16,28H,2-3,12,17H2,1H3,(H,31,32). The number of carboxylic acid groups (broad SMARTS) is 1. The number of fused-ring (bicyclic) bond motifs is 2. The summed E-state index contributed by atoms with van der Waals surface area (Å²) in [6, 6.07) is 23.8. The topological polar surface area (TPSA) is 70.9 Å². The highest BCUT2D eigenvalue weighted by Gasteiger charge is 2.14. The molecule has 0 amide bonds. The molecule has 5 heteroatoms. The van der Waals surface area contributed by atoms with E-state index in [-0.39, 0.29) is 0 Å². The van der Waals surface area contributed by atoms with Crippen molar-refractivity contribution in [2.75, 3.05) is 0 Å². The van der Waals surface area contributed by atoms with Crippen LogP contribution in [0.5, 0.6) is 0 Å². The van der Waals surface area contributed by atoms with E-state index in [4.69, 9.17) is 4.98 Å². The lowest BCUT2D eigenvalue weighted by molar-refractivity contribution is 0.0697. The van der Waals surface area contributed by atoms with Gasteiger partial charge in [-0.25, -0.2) is 9.78 Å². The number of unbranched alkanes of at least 4 members (excludes halogenated alkanes) is 1. The molecule has 0 aliphatic carbocycles. The highest BCUT2D eigenvalue weighted by Crippen LogP contribution is 2.28. The van der Waals surface area contributed by atoms with Gasteiger partial charge in [-0.05, 0) is 48.4 Å². The van der Waals surface area contributed by atoms with E-state index in [9.17, 15) is 9.90 Å². The van der Waals surface area contributed by atoms with Gasteiger partial charge in [0.25, 0.3) is 0 Å². The van der Waals surface area contributed by atoms with Gasteiger partial charge >= 0.3 is 5.97 Å². The summed E-state index contributed by atoms with van der Waals surface area (Å²) in [5, 5.41) is 10.6. The Morgan fingerprint density at radius 2 is 1.84 bits per heavy atom. The van der Waals surface area contributed by atoms with E-state index in [1.165, 1.54) is 5.56 Å². The van der Waals surface area contributed by atoms with Crippen LogP contribution in [0, 0.1) is 0 Å². The number of hydrogen-bond acceptors (Lipinski definition) is 2. The molecule has 2 aromatic heterocycles. The zero-order valence-corrected chi connectivity index (χ0v) is 18.0. The van der Waals surface area contributed by atoms with E-state index in [2.05, 4.69) is 52.9 Å². The van der Waals surface area contributed by atoms with Crippen LogP contribution in [0.2, 0.25) is 0 Å². The van der Waals surface area contributed by atoms with Gasteiger partial charge in [-0.1, -0.05) is 49.7 Å². The predicted octanol–water partition coefficient (Wildman–Crippen LogP) is 6.27. The fourth-order valence-corrected chi connectivity index (χ4v) is 4.34. The van der Waals surface area contributed by atoms with Crippen molar-refractivity contribution in [3.8, 4) is 11.3 Å². The highest BCUT2D eigenvalue weighted by atomic mass is 16.4. The Morgan fingerprint density at radius 1 is 1.03 bits per heavy atom. The molecule has 0 aliphatic rings. The van der Waals surface area contributed by atoms with Gasteiger partial charge in [0.15, 0.2) is 0 Å². The minimum Gasteiger partial charge on any atom is -0.478 e. The fraction of sp³-hybridized carbons (Fsp3) is 0.185. The minimum absolute atomic E-state index is 0.296. The lowest BCUT2D eigenvalue weighted by atomic mass is 10.0. The van der Waals surface area contributed by atoms with Crippen molar-refractivity contribution < 1.29 is 9.90 Å². The average molecular weight is 424 g/mol. The number of hydrogen-bond donors (Lipinski definition) is 2. The number of H-pyrrole nitrogens is 1. The zero-order valence-electron chi connectivity index (χ0n) is 18.0. The smallest absolute Gasteiger partial charge is 0.336 e. The molecule has 2 N–H and O–H groups in total. The van der Waals surface area contributed by atoms with E-state index < -0.39 is 5.97 Å². The van der Waals surface area contributed by atoms with E-state index in [1.54, 1.807) is 12.1 Å². The van der Waals surface area contributed by atoms with Gasteiger partial charge in [0, 0.05) is 35.1 Å². The molecule has 0 bridgehead atoms. The maximum atomic E-state index is 11.6. The van der Waals surface area contributed by atoms with E-state index >= 15 is 0 Å². The van der Waals surface area contributed by atoms with Crippen LogP contribution in [-0.4, -0.2) is 25.6 Å². The summed E-state index contributed by atoms with van der Waals surface area (Å²) in [5.74, 6) is 0.199. The Bertz CT molecular complexity index is 1430. The average Bonchev–Trinajstić information content (AvgIpc) is 3.39. The van der Waals surface area contributed by atoms with E-state index in [0.29, 0.717) is 11.1 Å². The van der Waals surface area contributed by atoms with E-state index in [0.717, 1.165) is 59.3 Å². The summed E-state index contributed by atoms with van der Waals surface area (Å²) >= 11 is 0. The summed E-state index contributed by atoms with van der Waals surface area (Å²) < 4.78 is 2.32. The van der Waals surface area contributed by atoms with Crippen molar-refractivity contribution in [1.29, 1.82) is 0 Å². The predicted molar refractivity (Wildman–Crippen MR) is 128 cm³/mol. The molecular formula is C27H25N3O2. The number of aromatic carboxylic acids is 1. The molecule has 5 nitrogen and oxygen atoms in total. The number of nitrogens with zero attached hydrogens (tertiary/aromatic N) is 2. The van der Waals surface area contributed by atoms with Gasteiger partial charge in [0.1, 0.15) is 5.82 Å². The quantitative estimate of drug-likeness (QED) is 0.324. The molecule has 0 saturated heterocycles. The lowest BCUT2D eigenvalue weighted by Crippen LogP contribution is -2.05. The van der Waals surface area contributed by atoms with Crippen molar-refractivity contribution >= 4 is 27.9 Å². The van der Waals surface area contributed by atoms with Crippen molar-refractivity contribution in [2.45, 2.75) is 32.7 Å². The molecule has 0 saturated carbocycles. The second-order valence-electron chi connectivity index (χ2n) is 8.16. The monoisotopic (exact) mass is 423 g/mol. The maximum Gasteiger partial charge on any atom is 0.336 e. The highest BCUT2D eigenvalue weighted by molar-refractivity contribution is 5.97. The van der Waals surface area contributed by atoms with Crippen LogP contribution in [0.4, 0.5) is 0 Å². The number of benzene rings is 3. The van der Waals surface area contributed by atoms with Gasteiger partial charge in [-0.2, -0.15) is 0 Å². The van der Waals surface area contributed by atoms with Crippen molar-refractivity contribution in [3.63, 3.8) is 0 Å². The number of carbonyl (C=O) groups is 1.